The highest BCUT2D eigenvalue weighted by molar-refractivity contribution is 8.00. The maximum Gasteiger partial charge on any atom is 0.204 e. The van der Waals surface area contributed by atoms with Crippen LogP contribution in [-0.4, -0.2) is 20.7 Å². The van der Waals surface area contributed by atoms with Crippen LogP contribution < -0.4 is 4.80 Å². The van der Waals surface area contributed by atoms with Crippen molar-refractivity contribution in [2.24, 2.45) is 4.99 Å². The minimum Gasteiger partial charge on any atom is -0.294 e. The molecule has 2 rings (SSSR count). The Morgan fingerprint density at radius 2 is 2.33 bits per heavy atom. The van der Waals surface area contributed by atoms with Crippen molar-refractivity contribution >= 4 is 23.3 Å². The number of aromatic nitrogens is 2. The minimum absolute atomic E-state index is 0.287. The third kappa shape index (κ3) is 1.21. The Hall–Kier alpha value is -0.290. The predicted octanol–water partition coefficient (Wildman–Crippen LogP) is 1.36. The van der Waals surface area contributed by atoms with Gasteiger partial charge in [-0.15, -0.1) is 0 Å². The van der Waals surface area contributed by atoms with E-state index in [-0.39, 0.29) is 4.75 Å². The Morgan fingerprint density at radius 3 is 3.00 bits per heavy atom. The van der Waals surface area contributed by atoms with Gasteiger partial charge in [0.15, 0.2) is 5.16 Å². The highest BCUT2D eigenvalue weighted by Crippen LogP contribution is 2.38. The van der Waals surface area contributed by atoms with Gasteiger partial charge in [-0.3, -0.25) is 9.56 Å². The van der Waals surface area contributed by atoms with E-state index >= 15 is 0 Å². The molecule has 0 spiro atoms. The maximum absolute atomic E-state index is 4.34. The quantitative estimate of drug-likeness (QED) is 0.634. The lowest BCUT2D eigenvalue weighted by Gasteiger charge is -2.12. The van der Waals surface area contributed by atoms with Crippen LogP contribution in [0.15, 0.2) is 10.1 Å². The molecule has 12 heavy (non-hydrogen) atoms. The Labute approximate surface area is 79.7 Å². The number of hydrogen-bond donors (Lipinski definition) is 0. The fourth-order valence-electron chi connectivity index (χ4n) is 1.29. The van der Waals surface area contributed by atoms with Gasteiger partial charge in [-0.05, 0) is 13.8 Å². The molecule has 0 fully saturated rings. The van der Waals surface area contributed by atoms with Gasteiger partial charge >= 0.3 is 0 Å². The van der Waals surface area contributed by atoms with Gasteiger partial charge in [0.2, 0.25) is 4.80 Å². The molecule has 0 N–H and O–H groups in total. The lowest BCUT2D eigenvalue weighted by molar-refractivity contribution is 0.554. The summed E-state index contributed by atoms with van der Waals surface area (Å²) in [7, 11) is 1.82. The monoisotopic (exact) mass is 201 g/mol. The van der Waals surface area contributed by atoms with Crippen molar-refractivity contribution in [1.82, 2.24) is 8.94 Å². The molecule has 66 valence electrons. The Kier molecular flexibility index (Phi) is 1.80. The van der Waals surface area contributed by atoms with Gasteiger partial charge in [-0.2, -0.15) is 4.37 Å². The van der Waals surface area contributed by atoms with E-state index in [0.717, 1.165) is 16.5 Å². The molecule has 0 radical (unpaired) electrons. The number of hydrogen-bond acceptors (Lipinski definition) is 4. The molecule has 0 saturated carbocycles. The third-order valence-corrected chi connectivity index (χ3v) is 3.89. The lowest BCUT2D eigenvalue weighted by Crippen LogP contribution is -2.21. The first-order valence-corrected chi connectivity index (χ1v) is 5.40. The Bertz CT molecular complexity index is 361. The minimum atomic E-state index is 0.287. The molecular formula is C7H11N3S2. The molecule has 0 unspecified atom stereocenters. The van der Waals surface area contributed by atoms with E-state index in [9.17, 15) is 0 Å². The van der Waals surface area contributed by atoms with Crippen LogP contribution in [-0.2, 0) is 6.54 Å². The zero-order valence-corrected chi connectivity index (χ0v) is 9.00. The van der Waals surface area contributed by atoms with Crippen LogP contribution in [0, 0.1) is 0 Å². The molecule has 0 bridgehead atoms. The van der Waals surface area contributed by atoms with Crippen molar-refractivity contribution in [3.8, 4) is 0 Å². The van der Waals surface area contributed by atoms with Crippen molar-refractivity contribution in [1.29, 1.82) is 0 Å². The molecule has 5 heteroatoms. The van der Waals surface area contributed by atoms with Crippen molar-refractivity contribution in [3.05, 3.63) is 4.80 Å². The summed E-state index contributed by atoms with van der Waals surface area (Å²) in [6.07, 6.45) is 0. The first-order chi connectivity index (χ1) is 5.62. The summed E-state index contributed by atoms with van der Waals surface area (Å²) in [5.74, 6) is 0. The van der Waals surface area contributed by atoms with Gasteiger partial charge in [0.25, 0.3) is 0 Å². The zero-order chi connectivity index (χ0) is 8.77. The first-order valence-electron chi connectivity index (χ1n) is 3.81. The van der Waals surface area contributed by atoms with Crippen molar-refractivity contribution in [2.75, 3.05) is 7.05 Å². The van der Waals surface area contributed by atoms with Crippen LogP contribution in [0.5, 0.6) is 0 Å². The van der Waals surface area contributed by atoms with Gasteiger partial charge in [0.05, 0.1) is 0 Å². The summed E-state index contributed by atoms with van der Waals surface area (Å²) in [6, 6.07) is 0. The van der Waals surface area contributed by atoms with Gasteiger partial charge in [-0.25, -0.2) is 0 Å². The fraction of sp³-hybridized carbons (Fsp3) is 0.714. The molecule has 0 aliphatic carbocycles. The standard InChI is InChI=1S/C7H11N3S2/c1-7(2)4-10-5(8-3)12-9-6(10)11-7/h4H2,1-3H3. The molecule has 0 aromatic carbocycles. The van der Waals surface area contributed by atoms with Crippen LogP contribution in [0.2, 0.25) is 0 Å². The smallest absolute Gasteiger partial charge is 0.204 e. The zero-order valence-electron chi connectivity index (χ0n) is 7.37. The highest BCUT2D eigenvalue weighted by atomic mass is 32.2. The van der Waals surface area contributed by atoms with Crippen molar-refractivity contribution in [2.45, 2.75) is 30.3 Å². The molecule has 0 saturated heterocycles. The number of rotatable bonds is 0. The van der Waals surface area contributed by atoms with Crippen LogP contribution in [0.3, 0.4) is 0 Å². The highest BCUT2D eigenvalue weighted by Gasteiger charge is 2.31. The summed E-state index contributed by atoms with van der Waals surface area (Å²) < 4.78 is 6.81. The molecule has 1 aromatic rings. The Balaban J connectivity index is 2.51. The van der Waals surface area contributed by atoms with Gasteiger partial charge in [0.1, 0.15) is 0 Å². The first kappa shape index (κ1) is 8.31. The SMILES string of the molecule is CN=c1snc2n1CC(C)(C)S2. The van der Waals surface area contributed by atoms with Gasteiger partial charge < -0.3 is 0 Å². The average molecular weight is 201 g/mol. The molecule has 1 aromatic heterocycles. The second-order valence-corrected chi connectivity index (χ2v) is 5.82. The van der Waals surface area contributed by atoms with Crippen molar-refractivity contribution in [3.63, 3.8) is 0 Å². The molecule has 3 nitrogen and oxygen atoms in total. The summed E-state index contributed by atoms with van der Waals surface area (Å²) >= 11 is 3.31. The molecule has 1 aliphatic heterocycles. The summed E-state index contributed by atoms with van der Waals surface area (Å²) in [5.41, 5.74) is 0. The second kappa shape index (κ2) is 2.60. The van der Waals surface area contributed by atoms with E-state index < -0.39 is 0 Å². The third-order valence-electron chi connectivity index (χ3n) is 1.76. The molecule has 0 amide bonds. The average Bonchev–Trinajstić information content (AvgIpc) is 2.42. The summed E-state index contributed by atoms with van der Waals surface area (Å²) in [5, 5.41) is 1.12. The Morgan fingerprint density at radius 1 is 1.58 bits per heavy atom. The van der Waals surface area contributed by atoms with Crippen LogP contribution >= 0.6 is 23.3 Å². The van der Waals surface area contributed by atoms with Crippen LogP contribution in [0.25, 0.3) is 0 Å². The van der Waals surface area contributed by atoms with Gasteiger partial charge in [-0.1, -0.05) is 11.8 Å². The molecular weight excluding hydrogens is 190 g/mol. The van der Waals surface area contributed by atoms with E-state index in [4.69, 9.17) is 0 Å². The maximum atomic E-state index is 4.34. The van der Waals surface area contributed by atoms with E-state index in [0.29, 0.717) is 0 Å². The molecule has 1 aliphatic rings. The number of thioether (sulfide) groups is 1. The topological polar surface area (TPSA) is 30.2 Å². The van der Waals surface area contributed by atoms with Gasteiger partial charge in [0, 0.05) is 29.9 Å². The van der Waals surface area contributed by atoms with E-state index in [1.807, 2.05) is 18.8 Å². The number of nitrogens with zero attached hydrogens (tertiary/aromatic N) is 3. The molecule has 0 atom stereocenters. The molecule has 2 heterocycles. The van der Waals surface area contributed by atoms with Crippen molar-refractivity contribution < 1.29 is 0 Å². The lowest BCUT2D eigenvalue weighted by atomic mass is 10.2. The second-order valence-electron chi connectivity index (χ2n) is 3.42. The van der Waals surface area contributed by atoms with E-state index in [1.165, 1.54) is 11.5 Å². The van der Waals surface area contributed by atoms with E-state index in [2.05, 4.69) is 27.8 Å². The normalized spacial score (nSPS) is 21.4. The number of fused-ring (bicyclic) bond motifs is 1. The predicted molar refractivity (Wildman–Crippen MR) is 51.5 cm³/mol. The summed E-state index contributed by atoms with van der Waals surface area (Å²) in [4.78, 5) is 5.20. The summed E-state index contributed by atoms with van der Waals surface area (Å²) in [6.45, 7) is 5.49. The fourth-order valence-corrected chi connectivity index (χ4v) is 3.15. The van der Waals surface area contributed by atoms with Crippen LogP contribution in [0.4, 0.5) is 0 Å². The largest absolute Gasteiger partial charge is 0.294 e. The van der Waals surface area contributed by atoms with E-state index in [1.54, 1.807) is 0 Å². The van der Waals surface area contributed by atoms with Crippen LogP contribution in [0.1, 0.15) is 13.8 Å².